The second-order valence-electron chi connectivity index (χ2n) is 1.26. The van der Waals surface area contributed by atoms with E-state index in [2.05, 4.69) is 6.58 Å². The molecule has 66 valence electrons. The molecule has 0 bridgehead atoms. The molecule has 1 nitrogen and oxygen atoms in total. The topological polar surface area (TPSA) is 17.1 Å². The lowest BCUT2D eigenvalue weighted by Gasteiger charge is -1.75. The molecule has 0 unspecified atom stereocenters. The summed E-state index contributed by atoms with van der Waals surface area (Å²) in [6.07, 6.45) is 4.04. The van der Waals surface area contributed by atoms with E-state index >= 15 is 0 Å². The summed E-state index contributed by atoms with van der Waals surface area (Å²) in [5, 5.41) is 0. The van der Waals surface area contributed by atoms with E-state index in [4.69, 9.17) is 0 Å². The first-order valence-electron chi connectivity index (χ1n) is 4.05. The van der Waals surface area contributed by atoms with Crippen molar-refractivity contribution in [1.29, 1.82) is 0 Å². The van der Waals surface area contributed by atoms with Crippen LogP contribution in [0.3, 0.4) is 0 Å². The van der Waals surface area contributed by atoms with Gasteiger partial charge in [0.1, 0.15) is 6.29 Å². The molecule has 0 rings (SSSR count). The largest absolute Gasteiger partial charge is 0.298 e. The number of hydrogen-bond acceptors (Lipinski definition) is 1. The Kier molecular flexibility index (Phi) is 34.6. The van der Waals surface area contributed by atoms with Crippen LogP contribution in [0.4, 0.5) is 0 Å². The maximum Gasteiger partial charge on any atom is 0.145 e. The Balaban J connectivity index is -0.000000138. The van der Waals surface area contributed by atoms with Crippen LogP contribution in [0.1, 0.15) is 34.6 Å². The van der Waals surface area contributed by atoms with Crippen LogP contribution in [-0.2, 0) is 4.79 Å². The van der Waals surface area contributed by atoms with Crippen molar-refractivity contribution in [1.82, 2.24) is 0 Å². The zero-order valence-corrected chi connectivity index (χ0v) is 8.35. The van der Waals surface area contributed by atoms with Crippen molar-refractivity contribution in [3.63, 3.8) is 0 Å². The van der Waals surface area contributed by atoms with Crippen LogP contribution >= 0.6 is 0 Å². The van der Waals surface area contributed by atoms with E-state index in [1.165, 1.54) is 0 Å². The highest BCUT2D eigenvalue weighted by Gasteiger charge is 1.74. The van der Waals surface area contributed by atoms with Gasteiger partial charge in [-0.15, -0.1) is 0 Å². The maximum atomic E-state index is 9.78. The zero-order valence-electron chi connectivity index (χ0n) is 8.35. The van der Waals surface area contributed by atoms with Crippen LogP contribution in [0, 0.1) is 0 Å². The van der Waals surface area contributed by atoms with Crippen molar-refractivity contribution >= 4 is 6.29 Å². The van der Waals surface area contributed by atoms with Crippen LogP contribution < -0.4 is 0 Å². The molecular formula is C10H20O. The van der Waals surface area contributed by atoms with Crippen LogP contribution in [0.2, 0.25) is 0 Å². The quantitative estimate of drug-likeness (QED) is 0.340. The van der Waals surface area contributed by atoms with Gasteiger partial charge in [-0.05, 0) is 12.5 Å². The zero-order chi connectivity index (χ0) is 9.70. The third-order valence-electron chi connectivity index (χ3n) is 0.567. The minimum absolute atomic E-state index is 0.704. The Morgan fingerprint density at radius 3 is 1.64 bits per heavy atom. The summed E-state index contributed by atoms with van der Waals surface area (Å²) in [4.78, 5) is 9.78. The second-order valence-corrected chi connectivity index (χ2v) is 1.26. The molecule has 0 aromatic carbocycles. The Morgan fingerprint density at radius 1 is 1.18 bits per heavy atom. The lowest BCUT2D eigenvalue weighted by molar-refractivity contribution is -0.104. The first-order valence-corrected chi connectivity index (χ1v) is 4.05. The fourth-order valence-corrected chi connectivity index (χ4v) is 0.225. The number of aldehydes is 1. The van der Waals surface area contributed by atoms with Gasteiger partial charge < -0.3 is 0 Å². The summed E-state index contributed by atoms with van der Waals surface area (Å²) in [6.45, 7) is 13.1. The van der Waals surface area contributed by atoms with Gasteiger partial charge in [0, 0.05) is 0 Å². The van der Waals surface area contributed by atoms with Gasteiger partial charge in [0.25, 0.3) is 0 Å². The van der Waals surface area contributed by atoms with Crippen LogP contribution in [0.25, 0.3) is 0 Å². The van der Waals surface area contributed by atoms with Crippen molar-refractivity contribution in [3.8, 4) is 0 Å². The molecule has 0 aliphatic rings. The molecule has 0 fully saturated rings. The van der Waals surface area contributed by atoms with Crippen molar-refractivity contribution in [3.05, 3.63) is 24.3 Å². The molecule has 0 heterocycles. The Labute approximate surface area is 70.8 Å². The highest BCUT2D eigenvalue weighted by molar-refractivity contribution is 5.72. The molecule has 0 aromatic heterocycles. The minimum atomic E-state index is 0.704. The molecule has 0 aliphatic heterocycles. The fourth-order valence-electron chi connectivity index (χ4n) is 0.225. The summed E-state index contributed by atoms with van der Waals surface area (Å²) in [6, 6.07) is 0. The molecule has 1 heteroatoms. The lowest BCUT2D eigenvalue weighted by atomic mass is 10.3. The Morgan fingerprint density at radius 2 is 1.55 bits per heavy atom. The third kappa shape index (κ3) is 27.2. The molecule has 0 amide bonds. The van der Waals surface area contributed by atoms with E-state index in [9.17, 15) is 4.79 Å². The van der Waals surface area contributed by atoms with Gasteiger partial charge in [-0.25, -0.2) is 0 Å². The van der Waals surface area contributed by atoms with Crippen molar-refractivity contribution in [2.75, 3.05) is 0 Å². The molecule has 0 atom stereocenters. The summed E-state index contributed by atoms with van der Waals surface area (Å²) in [5.41, 5.74) is 0.704. The highest BCUT2D eigenvalue weighted by atomic mass is 16.1. The Bertz CT molecular complexity index is 101. The molecule has 0 spiro atoms. The first-order chi connectivity index (χ1) is 5.31. The number of hydrogen-bond donors (Lipinski definition) is 0. The van der Waals surface area contributed by atoms with Gasteiger partial charge in [-0.1, -0.05) is 46.4 Å². The smallest absolute Gasteiger partial charge is 0.145 e. The van der Waals surface area contributed by atoms with E-state index in [1.54, 1.807) is 19.1 Å². The average Bonchev–Trinajstić information content (AvgIpc) is 2.12. The molecule has 0 aromatic rings. The van der Waals surface area contributed by atoms with Gasteiger partial charge in [0.15, 0.2) is 0 Å². The molecule has 0 N–H and O–H groups in total. The summed E-state index contributed by atoms with van der Waals surface area (Å²) in [7, 11) is 0. The molecule has 0 saturated carbocycles. The van der Waals surface area contributed by atoms with Crippen LogP contribution in [0.5, 0.6) is 0 Å². The van der Waals surface area contributed by atoms with Crippen molar-refractivity contribution in [2.45, 2.75) is 34.6 Å². The first kappa shape index (κ1) is 16.6. The third-order valence-corrected chi connectivity index (χ3v) is 0.567. The van der Waals surface area contributed by atoms with Gasteiger partial charge in [0.2, 0.25) is 0 Å². The van der Waals surface area contributed by atoms with E-state index in [0.29, 0.717) is 5.57 Å². The Hall–Kier alpha value is -0.850. The van der Waals surface area contributed by atoms with Gasteiger partial charge >= 0.3 is 0 Å². The molecule has 0 aliphatic carbocycles. The van der Waals surface area contributed by atoms with Crippen molar-refractivity contribution < 1.29 is 4.79 Å². The SMILES string of the molecule is C=C/C=C(\C)C=O.CC.CC. The van der Waals surface area contributed by atoms with Gasteiger partial charge in [-0.3, -0.25) is 4.79 Å². The molecule has 11 heavy (non-hydrogen) atoms. The molecular weight excluding hydrogens is 136 g/mol. The predicted molar refractivity (Wildman–Crippen MR) is 52.7 cm³/mol. The number of carbonyl (C=O) groups excluding carboxylic acids is 1. The normalized spacial score (nSPS) is 7.91. The second kappa shape index (κ2) is 22.9. The maximum absolute atomic E-state index is 9.78. The van der Waals surface area contributed by atoms with Crippen LogP contribution in [0.15, 0.2) is 24.3 Å². The standard InChI is InChI=1S/C6H8O.2C2H6/c1-3-4-6(2)5-7;2*1-2/h3-5H,1H2,2H3;2*1-2H3/b6-4+;;. The van der Waals surface area contributed by atoms with Crippen molar-refractivity contribution in [2.24, 2.45) is 0 Å². The molecule has 0 radical (unpaired) electrons. The van der Waals surface area contributed by atoms with E-state index in [0.717, 1.165) is 6.29 Å². The monoisotopic (exact) mass is 156 g/mol. The highest BCUT2D eigenvalue weighted by Crippen LogP contribution is 1.83. The summed E-state index contributed by atoms with van der Waals surface area (Å²) in [5.74, 6) is 0. The van der Waals surface area contributed by atoms with E-state index in [-0.39, 0.29) is 0 Å². The summed E-state index contributed by atoms with van der Waals surface area (Å²) < 4.78 is 0. The van der Waals surface area contributed by atoms with Gasteiger partial charge in [0.05, 0.1) is 0 Å². The van der Waals surface area contributed by atoms with Gasteiger partial charge in [-0.2, -0.15) is 0 Å². The van der Waals surface area contributed by atoms with E-state index in [1.807, 2.05) is 27.7 Å². The predicted octanol–water partition coefficient (Wildman–Crippen LogP) is 3.37. The number of carbonyl (C=O) groups is 1. The number of allylic oxidation sites excluding steroid dienone is 3. The fraction of sp³-hybridized carbons (Fsp3) is 0.500. The minimum Gasteiger partial charge on any atom is -0.298 e. The number of rotatable bonds is 2. The summed E-state index contributed by atoms with van der Waals surface area (Å²) >= 11 is 0. The van der Waals surface area contributed by atoms with E-state index < -0.39 is 0 Å². The molecule has 0 saturated heterocycles. The lowest BCUT2D eigenvalue weighted by Crippen LogP contribution is -1.70. The average molecular weight is 156 g/mol. The van der Waals surface area contributed by atoms with Crippen LogP contribution in [-0.4, -0.2) is 6.29 Å².